The van der Waals surface area contributed by atoms with Gasteiger partial charge in [-0.25, -0.2) is 0 Å². The van der Waals surface area contributed by atoms with E-state index in [2.05, 4.69) is 72.8 Å². The molecule has 2 heteroatoms. The first-order valence-electron chi connectivity index (χ1n) is 10.3. The predicted molar refractivity (Wildman–Crippen MR) is 115 cm³/mol. The Morgan fingerprint density at radius 3 is 2.14 bits per heavy atom. The van der Waals surface area contributed by atoms with Crippen LogP contribution in [0.1, 0.15) is 11.1 Å². The monoisotopic (exact) mass is 366 g/mol. The molecule has 0 unspecified atom stereocenters. The number of fused-ring (bicyclic) bond motifs is 6. The maximum absolute atomic E-state index is 5.74. The number of rotatable bonds is 0. The number of quaternary nitrogens is 1. The molecule has 6 rings (SSSR count). The molecule has 4 aromatic carbocycles. The lowest BCUT2D eigenvalue weighted by molar-refractivity contribution is -0.959. The summed E-state index contributed by atoms with van der Waals surface area (Å²) in [5.41, 5.74) is 5.83. The van der Waals surface area contributed by atoms with Crippen molar-refractivity contribution < 1.29 is 9.22 Å². The molecule has 0 aliphatic carbocycles. The lowest BCUT2D eigenvalue weighted by Crippen LogP contribution is -2.53. The molecule has 4 aromatic rings. The van der Waals surface area contributed by atoms with Crippen LogP contribution in [0.2, 0.25) is 0 Å². The van der Waals surface area contributed by atoms with Crippen molar-refractivity contribution in [3.05, 3.63) is 83.9 Å². The predicted octanol–water partition coefficient (Wildman–Crippen LogP) is 5.52. The molecule has 2 aliphatic heterocycles. The average molecular weight is 366 g/mol. The summed E-state index contributed by atoms with van der Waals surface area (Å²) in [7, 11) is 0. The van der Waals surface area contributed by atoms with Gasteiger partial charge in [0, 0.05) is 11.1 Å². The van der Waals surface area contributed by atoms with Crippen LogP contribution in [-0.2, 0) is 17.8 Å². The summed E-state index contributed by atoms with van der Waals surface area (Å²) in [5.74, 6) is 0. The van der Waals surface area contributed by atoms with Crippen LogP contribution in [0, 0.1) is 0 Å². The maximum atomic E-state index is 5.74. The smallest absolute Gasteiger partial charge is 0.105 e. The number of morpholine rings is 1. The number of hydrogen-bond acceptors (Lipinski definition) is 1. The van der Waals surface area contributed by atoms with Crippen LogP contribution < -0.4 is 0 Å². The highest BCUT2D eigenvalue weighted by Crippen LogP contribution is 2.42. The zero-order valence-corrected chi connectivity index (χ0v) is 16.0. The number of benzene rings is 4. The molecule has 0 N–H and O–H groups in total. The lowest BCUT2D eigenvalue weighted by atomic mass is 9.90. The summed E-state index contributed by atoms with van der Waals surface area (Å²) in [6.45, 7) is 6.11. The maximum Gasteiger partial charge on any atom is 0.105 e. The van der Waals surface area contributed by atoms with E-state index >= 15 is 0 Å². The van der Waals surface area contributed by atoms with E-state index in [1.807, 2.05) is 0 Å². The van der Waals surface area contributed by atoms with Gasteiger partial charge in [0.25, 0.3) is 0 Å². The molecule has 2 aliphatic rings. The molecule has 1 spiro atoms. The van der Waals surface area contributed by atoms with Gasteiger partial charge in [-0.05, 0) is 44.8 Å². The van der Waals surface area contributed by atoms with Gasteiger partial charge in [-0.3, -0.25) is 0 Å². The van der Waals surface area contributed by atoms with Crippen molar-refractivity contribution in [2.24, 2.45) is 0 Å². The van der Waals surface area contributed by atoms with Gasteiger partial charge in [0.15, 0.2) is 0 Å². The fourth-order valence-corrected chi connectivity index (χ4v) is 5.24. The first-order valence-corrected chi connectivity index (χ1v) is 10.3. The molecule has 28 heavy (non-hydrogen) atoms. The minimum atomic E-state index is 0.867. The van der Waals surface area contributed by atoms with Crippen LogP contribution in [0.5, 0.6) is 0 Å². The Labute approximate surface area is 165 Å². The minimum absolute atomic E-state index is 0.867. The lowest BCUT2D eigenvalue weighted by Gasteiger charge is -2.41. The topological polar surface area (TPSA) is 9.23 Å². The normalized spacial score (nSPS) is 18.0. The van der Waals surface area contributed by atoms with Gasteiger partial charge in [-0.1, -0.05) is 60.7 Å². The zero-order chi connectivity index (χ0) is 18.6. The van der Waals surface area contributed by atoms with Gasteiger partial charge < -0.3 is 9.22 Å². The molecule has 138 valence electrons. The van der Waals surface area contributed by atoms with Gasteiger partial charge in [0.1, 0.15) is 26.2 Å². The molecule has 0 amide bonds. The minimum Gasteiger partial charge on any atom is -0.370 e. The van der Waals surface area contributed by atoms with Gasteiger partial charge >= 0.3 is 0 Å². The van der Waals surface area contributed by atoms with Crippen LogP contribution in [0.3, 0.4) is 0 Å². The second-order valence-electron chi connectivity index (χ2n) is 8.39. The quantitative estimate of drug-likeness (QED) is 0.372. The van der Waals surface area contributed by atoms with Gasteiger partial charge in [-0.2, -0.15) is 0 Å². The van der Waals surface area contributed by atoms with Crippen molar-refractivity contribution in [1.82, 2.24) is 0 Å². The Hall–Kier alpha value is -2.68. The van der Waals surface area contributed by atoms with Crippen LogP contribution in [0.15, 0.2) is 72.8 Å². The first-order chi connectivity index (χ1) is 13.8. The second kappa shape index (κ2) is 6.16. The molecule has 0 atom stereocenters. The van der Waals surface area contributed by atoms with Crippen molar-refractivity contribution >= 4 is 21.5 Å². The fourth-order valence-electron chi connectivity index (χ4n) is 5.24. The second-order valence-corrected chi connectivity index (χ2v) is 8.39. The Morgan fingerprint density at radius 2 is 1.32 bits per heavy atom. The van der Waals surface area contributed by atoms with Crippen LogP contribution >= 0.6 is 0 Å². The highest BCUT2D eigenvalue weighted by atomic mass is 16.5. The number of nitrogens with zero attached hydrogens (tertiary/aromatic N) is 1. The fraction of sp³-hybridized carbons (Fsp3) is 0.231. The molecule has 0 aromatic heterocycles. The highest BCUT2D eigenvalue weighted by Gasteiger charge is 2.36. The third-order valence-corrected chi connectivity index (χ3v) is 6.69. The van der Waals surface area contributed by atoms with Crippen molar-refractivity contribution in [3.8, 4) is 11.1 Å². The zero-order valence-electron chi connectivity index (χ0n) is 16.0. The molecule has 2 heterocycles. The van der Waals surface area contributed by atoms with Crippen molar-refractivity contribution in [1.29, 1.82) is 0 Å². The standard InChI is InChI=1S/C26H24NO/c1-2-7-21-16-25-23(15-20(21)6-1)18-27(11-13-28-14-12-27)17-22-10-9-19-5-3-4-8-24(19)26(22)25/h1-10,15-16H,11-14,17-18H2/q+1. The van der Waals surface area contributed by atoms with E-state index in [0.29, 0.717) is 0 Å². The van der Waals surface area contributed by atoms with Crippen LogP contribution in [0.4, 0.5) is 0 Å². The summed E-state index contributed by atoms with van der Waals surface area (Å²) in [6.07, 6.45) is 0. The summed E-state index contributed by atoms with van der Waals surface area (Å²) in [4.78, 5) is 0. The molecular weight excluding hydrogens is 342 g/mol. The molecule has 1 saturated heterocycles. The third kappa shape index (κ3) is 2.49. The van der Waals surface area contributed by atoms with Gasteiger partial charge in [-0.15, -0.1) is 0 Å². The van der Waals surface area contributed by atoms with E-state index in [-0.39, 0.29) is 0 Å². The number of hydrogen-bond donors (Lipinski definition) is 0. The summed E-state index contributed by atoms with van der Waals surface area (Å²) in [6, 6.07) is 27.2. The molecule has 0 bridgehead atoms. The van der Waals surface area contributed by atoms with Crippen LogP contribution in [0.25, 0.3) is 32.7 Å². The summed E-state index contributed by atoms with van der Waals surface area (Å²) < 4.78 is 6.85. The molecule has 1 fully saturated rings. The molecule has 2 nitrogen and oxygen atoms in total. The average Bonchev–Trinajstić information content (AvgIpc) is 2.86. The molecular formula is C26H24NO+. The van der Waals surface area contributed by atoms with E-state index in [1.165, 1.54) is 43.8 Å². The largest absolute Gasteiger partial charge is 0.370 e. The van der Waals surface area contributed by atoms with E-state index in [4.69, 9.17) is 4.74 Å². The number of ether oxygens (including phenoxy) is 1. The molecule has 0 radical (unpaired) electrons. The Bertz CT molecular complexity index is 1200. The van der Waals surface area contributed by atoms with Crippen molar-refractivity contribution in [3.63, 3.8) is 0 Å². The van der Waals surface area contributed by atoms with E-state index in [1.54, 1.807) is 0 Å². The third-order valence-electron chi connectivity index (χ3n) is 6.69. The van der Waals surface area contributed by atoms with Crippen molar-refractivity contribution in [2.75, 3.05) is 26.3 Å². The highest BCUT2D eigenvalue weighted by molar-refractivity contribution is 6.01. The Balaban J connectivity index is 1.70. The van der Waals surface area contributed by atoms with E-state index in [9.17, 15) is 0 Å². The molecule has 0 saturated carbocycles. The SMILES string of the molecule is c1ccc2cc3c(cc2c1)C[N+]1(CCOCC1)Cc1ccc2ccccc2c1-3. The Kier molecular flexibility index (Phi) is 3.59. The Morgan fingerprint density at radius 1 is 0.643 bits per heavy atom. The van der Waals surface area contributed by atoms with Crippen molar-refractivity contribution in [2.45, 2.75) is 13.1 Å². The first kappa shape index (κ1) is 16.3. The summed E-state index contributed by atoms with van der Waals surface area (Å²) >= 11 is 0. The van der Waals surface area contributed by atoms with E-state index < -0.39 is 0 Å². The van der Waals surface area contributed by atoms with Gasteiger partial charge in [0.2, 0.25) is 0 Å². The summed E-state index contributed by atoms with van der Waals surface area (Å²) in [5, 5.41) is 5.38. The van der Waals surface area contributed by atoms with Gasteiger partial charge in [0.05, 0.1) is 13.2 Å². The van der Waals surface area contributed by atoms with E-state index in [0.717, 1.165) is 43.9 Å². The van der Waals surface area contributed by atoms with Crippen LogP contribution in [-0.4, -0.2) is 30.8 Å².